The molecule has 0 aliphatic rings. The Kier molecular flexibility index (Phi) is 4.53. The van der Waals surface area contributed by atoms with Gasteiger partial charge in [-0.25, -0.2) is 0 Å². The van der Waals surface area contributed by atoms with Crippen molar-refractivity contribution in [2.45, 2.75) is 33.5 Å². The number of hydrogen-bond donors (Lipinski definition) is 1. The molecule has 0 saturated carbocycles. The fourth-order valence-corrected chi connectivity index (χ4v) is 2.29. The Morgan fingerprint density at radius 1 is 1.38 bits per heavy atom. The van der Waals surface area contributed by atoms with Gasteiger partial charge in [0, 0.05) is 11.6 Å². The molecule has 0 heterocycles. The largest absolute Gasteiger partial charge is 0.392 e. The highest BCUT2D eigenvalue weighted by atomic mass is 79.9. The van der Waals surface area contributed by atoms with E-state index in [-0.39, 0.29) is 18.1 Å². The number of halogens is 1. The third-order valence-corrected chi connectivity index (χ3v) is 3.27. The SMILES string of the molecule is COC(c1cc(CO)ccc1Br)C(C)(C)C. The number of methoxy groups -OCH3 is 1. The third kappa shape index (κ3) is 3.06. The van der Waals surface area contributed by atoms with Crippen molar-refractivity contribution in [2.24, 2.45) is 5.41 Å². The molecule has 0 aromatic heterocycles. The normalized spacial score (nSPS) is 13.9. The summed E-state index contributed by atoms with van der Waals surface area (Å²) in [6.45, 7) is 6.47. The lowest BCUT2D eigenvalue weighted by atomic mass is 9.84. The maximum atomic E-state index is 9.15. The van der Waals surface area contributed by atoms with Gasteiger partial charge in [-0.1, -0.05) is 42.8 Å². The number of benzene rings is 1. The zero-order valence-electron chi connectivity index (χ0n) is 10.2. The van der Waals surface area contributed by atoms with Crippen molar-refractivity contribution in [1.29, 1.82) is 0 Å². The summed E-state index contributed by atoms with van der Waals surface area (Å²) in [5.74, 6) is 0. The van der Waals surface area contributed by atoms with Gasteiger partial charge in [-0.3, -0.25) is 0 Å². The van der Waals surface area contributed by atoms with Gasteiger partial charge in [0.1, 0.15) is 0 Å². The summed E-state index contributed by atoms with van der Waals surface area (Å²) in [4.78, 5) is 0. The Hall–Kier alpha value is -0.380. The van der Waals surface area contributed by atoms with Crippen LogP contribution in [0.5, 0.6) is 0 Å². The van der Waals surface area contributed by atoms with Crippen LogP contribution >= 0.6 is 15.9 Å². The van der Waals surface area contributed by atoms with Gasteiger partial charge >= 0.3 is 0 Å². The van der Waals surface area contributed by atoms with Crippen molar-refractivity contribution in [1.82, 2.24) is 0 Å². The molecule has 1 aromatic rings. The number of aliphatic hydroxyl groups is 1. The fraction of sp³-hybridized carbons (Fsp3) is 0.538. The molecule has 0 bridgehead atoms. The lowest BCUT2D eigenvalue weighted by molar-refractivity contribution is 0.0146. The minimum Gasteiger partial charge on any atom is -0.392 e. The molecule has 1 rings (SSSR count). The summed E-state index contributed by atoms with van der Waals surface area (Å²) < 4.78 is 6.59. The van der Waals surface area contributed by atoms with Crippen LogP contribution in [-0.4, -0.2) is 12.2 Å². The molecule has 1 unspecified atom stereocenters. The van der Waals surface area contributed by atoms with Crippen molar-refractivity contribution < 1.29 is 9.84 Å². The Bertz CT molecular complexity index is 355. The molecule has 2 nitrogen and oxygen atoms in total. The average Bonchev–Trinajstić information content (AvgIpc) is 2.20. The predicted molar refractivity (Wildman–Crippen MR) is 69.3 cm³/mol. The van der Waals surface area contributed by atoms with Crippen molar-refractivity contribution >= 4 is 15.9 Å². The average molecular weight is 287 g/mol. The molecule has 0 aliphatic carbocycles. The minimum absolute atomic E-state index is 0.00775. The predicted octanol–water partition coefficient (Wildman–Crippen LogP) is 3.68. The van der Waals surface area contributed by atoms with E-state index in [0.29, 0.717) is 0 Å². The number of rotatable bonds is 3. The molecular weight excluding hydrogens is 268 g/mol. The molecule has 3 heteroatoms. The molecule has 1 atom stereocenters. The van der Waals surface area contributed by atoms with Crippen LogP contribution in [0, 0.1) is 5.41 Å². The first-order valence-corrected chi connectivity index (χ1v) is 6.11. The maximum Gasteiger partial charge on any atom is 0.0880 e. The Morgan fingerprint density at radius 2 is 2.00 bits per heavy atom. The Balaban J connectivity index is 3.18. The number of aliphatic hydroxyl groups excluding tert-OH is 1. The molecule has 90 valence electrons. The summed E-state index contributed by atoms with van der Waals surface area (Å²) in [6.07, 6.45) is 0.00775. The third-order valence-electron chi connectivity index (χ3n) is 2.55. The molecule has 0 saturated heterocycles. The topological polar surface area (TPSA) is 29.5 Å². The van der Waals surface area contributed by atoms with Crippen molar-refractivity contribution in [3.63, 3.8) is 0 Å². The smallest absolute Gasteiger partial charge is 0.0880 e. The van der Waals surface area contributed by atoms with Gasteiger partial charge in [0.15, 0.2) is 0 Å². The van der Waals surface area contributed by atoms with Gasteiger partial charge in [0.05, 0.1) is 12.7 Å². The number of ether oxygens (including phenoxy) is 1. The molecule has 16 heavy (non-hydrogen) atoms. The molecule has 0 fully saturated rings. The van der Waals surface area contributed by atoms with Crippen LogP contribution in [0.1, 0.15) is 38.0 Å². The van der Waals surface area contributed by atoms with E-state index in [2.05, 4.69) is 36.7 Å². The van der Waals surface area contributed by atoms with E-state index in [0.717, 1.165) is 15.6 Å². The lowest BCUT2D eigenvalue weighted by Gasteiger charge is -2.30. The summed E-state index contributed by atoms with van der Waals surface area (Å²) in [5, 5.41) is 9.15. The summed E-state index contributed by atoms with van der Waals surface area (Å²) in [6, 6.07) is 5.85. The molecule has 0 amide bonds. The molecular formula is C13H19BrO2. The number of hydrogen-bond acceptors (Lipinski definition) is 2. The molecule has 0 radical (unpaired) electrons. The van der Waals surface area contributed by atoms with E-state index in [1.165, 1.54) is 0 Å². The van der Waals surface area contributed by atoms with Crippen LogP contribution in [0.25, 0.3) is 0 Å². The van der Waals surface area contributed by atoms with Crippen molar-refractivity contribution in [3.05, 3.63) is 33.8 Å². The van der Waals surface area contributed by atoms with Gasteiger partial charge in [-0.2, -0.15) is 0 Å². The first-order chi connectivity index (χ1) is 7.40. The van der Waals surface area contributed by atoms with E-state index in [1.54, 1.807) is 7.11 Å². The zero-order chi connectivity index (χ0) is 12.3. The lowest BCUT2D eigenvalue weighted by Crippen LogP contribution is -2.20. The quantitative estimate of drug-likeness (QED) is 0.919. The van der Waals surface area contributed by atoms with Crippen LogP contribution < -0.4 is 0 Å². The Morgan fingerprint density at radius 3 is 2.44 bits per heavy atom. The van der Waals surface area contributed by atoms with Crippen LogP contribution in [0.3, 0.4) is 0 Å². The van der Waals surface area contributed by atoms with E-state index in [1.807, 2.05) is 18.2 Å². The van der Waals surface area contributed by atoms with Crippen molar-refractivity contribution in [3.8, 4) is 0 Å². The standard InChI is InChI=1S/C13H19BrO2/c1-13(2,3)12(16-4)10-7-9(8-15)5-6-11(10)14/h5-7,12,15H,8H2,1-4H3. The highest BCUT2D eigenvalue weighted by Crippen LogP contribution is 2.39. The van der Waals surface area contributed by atoms with Gasteiger partial charge < -0.3 is 9.84 Å². The highest BCUT2D eigenvalue weighted by molar-refractivity contribution is 9.10. The molecule has 1 N–H and O–H groups in total. The molecule has 0 aliphatic heterocycles. The minimum atomic E-state index is 0.00775. The molecule has 1 aromatic carbocycles. The van der Waals surface area contributed by atoms with E-state index in [9.17, 15) is 0 Å². The zero-order valence-corrected chi connectivity index (χ0v) is 11.8. The first kappa shape index (κ1) is 13.7. The van der Waals surface area contributed by atoms with Gasteiger partial charge in [0.25, 0.3) is 0 Å². The van der Waals surface area contributed by atoms with Crippen LogP contribution in [-0.2, 0) is 11.3 Å². The van der Waals surface area contributed by atoms with Crippen molar-refractivity contribution in [2.75, 3.05) is 7.11 Å². The van der Waals surface area contributed by atoms with Crippen LogP contribution in [0.15, 0.2) is 22.7 Å². The van der Waals surface area contributed by atoms with E-state index in [4.69, 9.17) is 9.84 Å². The second-order valence-corrected chi connectivity index (χ2v) is 5.85. The van der Waals surface area contributed by atoms with E-state index >= 15 is 0 Å². The maximum absolute atomic E-state index is 9.15. The van der Waals surface area contributed by atoms with Gasteiger partial charge in [-0.05, 0) is 28.7 Å². The summed E-state index contributed by atoms with van der Waals surface area (Å²) in [5.41, 5.74) is 2.01. The second kappa shape index (κ2) is 5.30. The van der Waals surface area contributed by atoms with Crippen LogP contribution in [0.2, 0.25) is 0 Å². The molecule has 0 spiro atoms. The van der Waals surface area contributed by atoms with Gasteiger partial charge in [0.2, 0.25) is 0 Å². The van der Waals surface area contributed by atoms with Crippen LogP contribution in [0.4, 0.5) is 0 Å². The van der Waals surface area contributed by atoms with E-state index < -0.39 is 0 Å². The fourth-order valence-electron chi connectivity index (χ4n) is 1.84. The first-order valence-electron chi connectivity index (χ1n) is 5.32. The van der Waals surface area contributed by atoms with Gasteiger partial charge in [-0.15, -0.1) is 0 Å². The highest BCUT2D eigenvalue weighted by Gasteiger charge is 2.27. The second-order valence-electron chi connectivity index (χ2n) is 5.00. The summed E-state index contributed by atoms with van der Waals surface area (Å²) in [7, 11) is 1.72. The monoisotopic (exact) mass is 286 g/mol. The Labute approximate surface area is 106 Å². The summed E-state index contributed by atoms with van der Waals surface area (Å²) >= 11 is 3.53.